The molecule has 0 aliphatic carbocycles. The topological polar surface area (TPSA) is 92.3 Å². The molecule has 0 saturated carbocycles. The number of aromatic nitrogens is 3. The molecule has 2 atom stereocenters. The standard InChI is InChI=1S/C22H24N4O3/c27-19-15-26(13-11-18(19)16-6-2-1-3-7-16)21(28)10-4-9-20-24-22(25-29-20)17-8-5-12-23-14-17/h1-3,5-8,12,14,18-19,27H,4,9-11,13,15H2/t18-,19-/m1/s1. The molecular formula is C22H24N4O3. The zero-order chi connectivity index (χ0) is 20.1. The minimum absolute atomic E-state index is 0.0579. The summed E-state index contributed by atoms with van der Waals surface area (Å²) in [6, 6.07) is 13.7. The molecule has 150 valence electrons. The van der Waals surface area contributed by atoms with Gasteiger partial charge in [-0.05, 0) is 30.5 Å². The molecule has 1 aromatic carbocycles. The fraction of sp³-hybridized carbons (Fsp3) is 0.364. The fourth-order valence-corrected chi connectivity index (χ4v) is 3.76. The van der Waals surface area contributed by atoms with Gasteiger partial charge in [-0.25, -0.2) is 0 Å². The van der Waals surface area contributed by atoms with Gasteiger partial charge in [0.15, 0.2) is 0 Å². The Kier molecular flexibility index (Phi) is 5.95. The molecule has 7 heteroatoms. The second-order valence-corrected chi connectivity index (χ2v) is 7.32. The van der Waals surface area contributed by atoms with E-state index in [0.29, 0.717) is 44.1 Å². The number of amides is 1. The van der Waals surface area contributed by atoms with Crippen molar-refractivity contribution in [3.63, 3.8) is 0 Å². The molecule has 3 aromatic rings. The van der Waals surface area contributed by atoms with Crippen LogP contribution in [-0.2, 0) is 11.2 Å². The molecule has 0 bridgehead atoms. The Morgan fingerprint density at radius 1 is 1.21 bits per heavy atom. The van der Waals surface area contributed by atoms with Crippen molar-refractivity contribution in [3.05, 3.63) is 66.3 Å². The number of rotatable bonds is 6. The number of likely N-dealkylation sites (tertiary alicyclic amines) is 1. The first-order chi connectivity index (χ1) is 14.2. The number of carbonyl (C=O) groups is 1. The summed E-state index contributed by atoms with van der Waals surface area (Å²) in [5, 5.41) is 14.5. The molecule has 2 aromatic heterocycles. The highest BCUT2D eigenvalue weighted by molar-refractivity contribution is 5.76. The van der Waals surface area contributed by atoms with Crippen LogP contribution in [0.1, 0.15) is 36.6 Å². The number of hydrogen-bond acceptors (Lipinski definition) is 6. The van der Waals surface area contributed by atoms with Crippen LogP contribution in [0.5, 0.6) is 0 Å². The van der Waals surface area contributed by atoms with Crippen LogP contribution in [0.3, 0.4) is 0 Å². The fourth-order valence-electron chi connectivity index (χ4n) is 3.76. The maximum Gasteiger partial charge on any atom is 0.226 e. The lowest BCUT2D eigenvalue weighted by atomic mass is 9.87. The van der Waals surface area contributed by atoms with E-state index >= 15 is 0 Å². The Hall–Kier alpha value is -3.06. The average molecular weight is 392 g/mol. The largest absolute Gasteiger partial charge is 0.391 e. The van der Waals surface area contributed by atoms with Crippen molar-refractivity contribution in [2.45, 2.75) is 37.7 Å². The molecule has 3 heterocycles. The SMILES string of the molecule is O=C(CCCc1nc(-c2cccnc2)no1)N1CC[C@H](c2ccccc2)[C@H](O)C1. The van der Waals surface area contributed by atoms with Gasteiger partial charge in [-0.3, -0.25) is 9.78 Å². The molecule has 0 unspecified atom stereocenters. The number of benzene rings is 1. The number of pyridine rings is 1. The van der Waals surface area contributed by atoms with Crippen molar-refractivity contribution in [1.82, 2.24) is 20.0 Å². The molecule has 1 fully saturated rings. The molecule has 4 rings (SSSR count). The molecule has 1 amide bonds. The van der Waals surface area contributed by atoms with Crippen molar-refractivity contribution in [2.75, 3.05) is 13.1 Å². The van der Waals surface area contributed by atoms with E-state index in [4.69, 9.17) is 4.52 Å². The Morgan fingerprint density at radius 3 is 2.83 bits per heavy atom. The molecular weight excluding hydrogens is 368 g/mol. The molecule has 1 aliphatic heterocycles. The van der Waals surface area contributed by atoms with Gasteiger partial charge in [-0.15, -0.1) is 0 Å². The van der Waals surface area contributed by atoms with E-state index < -0.39 is 6.10 Å². The highest BCUT2D eigenvalue weighted by atomic mass is 16.5. The summed E-state index contributed by atoms with van der Waals surface area (Å²) >= 11 is 0. The Labute approximate surface area is 169 Å². The number of β-amino-alcohol motifs (C(OH)–C–C–N with tert-alkyl or cyclic N) is 1. The molecule has 0 radical (unpaired) electrons. The molecule has 0 spiro atoms. The minimum Gasteiger partial charge on any atom is -0.391 e. The summed E-state index contributed by atoms with van der Waals surface area (Å²) in [6.07, 6.45) is 5.18. The zero-order valence-corrected chi connectivity index (χ0v) is 16.1. The third-order valence-electron chi connectivity index (χ3n) is 5.33. The second kappa shape index (κ2) is 8.96. The van der Waals surface area contributed by atoms with Crippen LogP contribution in [0.15, 0.2) is 59.4 Å². The van der Waals surface area contributed by atoms with Gasteiger partial charge in [0.1, 0.15) is 0 Å². The maximum atomic E-state index is 12.5. The third-order valence-corrected chi connectivity index (χ3v) is 5.33. The molecule has 1 aliphatic rings. The first kappa shape index (κ1) is 19.3. The number of aliphatic hydroxyl groups is 1. The zero-order valence-electron chi connectivity index (χ0n) is 16.1. The van der Waals surface area contributed by atoms with Crippen LogP contribution in [0, 0.1) is 0 Å². The van der Waals surface area contributed by atoms with Gasteiger partial charge in [0.25, 0.3) is 0 Å². The van der Waals surface area contributed by atoms with Crippen LogP contribution in [-0.4, -0.2) is 50.2 Å². The van der Waals surface area contributed by atoms with Gasteiger partial charge in [0.2, 0.25) is 17.6 Å². The van der Waals surface area contributed by atoms with E-state index in [1.165, 1.54) is 0 Å². The smallest absolute Gasteiger partial charge is 0.226 e. The van der Waals surface area contributed by atoms with Gasteiger partial charge < -0.3 is 14.5 Å². The monoisotopic (exact) mass is 392 g/mol. The van der Waals surface area contributed by atoms with Crippen molar-refractivity contribution in [2.24, 2.45) is 0 Å². The lowest BCUT2D eigenvalue weighted by molar-refractivity contribution is -0.134. The summed E-state index contributed by atoms with van der Waals surface area (Å²) in [4.78, 5) is 22.7. The van der Waals surface area contributed by atoms with Crippen molar-refractivity contribution in [1.29, 1.82) is 0 Å². The second-order valence-electron chi connectivity index (χ2n) is 7.32. The predicted octanol–water partition coefficient (Wildman–Crippen LogP) is 2.83. The summed E-state index contributed by atoms with van der Waals surface area (Å²) in [6.45, 7) is 1.05. The van der Waals surface area contributed by atoms with Crippen LogP contribution in [0.2, 0.25) is 0 Å². The number of nitrogens with zero attached hydrogens (tertiary/aromatic N) is 4. The van der Waals surface area contributed by atoms with E-state index in [9.17, 15) is 9.90 Å². The molecule has 1 N–H and O–H groups in total. The van der Waals surface area contributed by atoms with Gasteiger partial charge >= 0.3 is 0 Å². The van der Waals surface area contributed by atoms with Gasteiger partial charge in [-0.1, -0.05) is 35.5 Å². The number of aryl methyl sites for hydroxylation is 1. The van der Waals surface area contributed by atoms with E-state index in [2.05, 4.69) is 15.1 Å². The Balaban J connectivity index is 1.25. The first-order valence-electron chi connectivity index (χ1n) is 9.94. The van der Waals surface area contributed by atoms with Crippen LogP contribution >= 0.6 is 0 Å². The lowest BCUT2D eigenvalue weighted by Gasteiger charge is -2.36. The minimum atomic E-state index is -0.534. The Morgan fingerprint density at radius 2 is 2.07 bits per heavy atom. The summed E-state index contributed by atoms with van der Waals surface area (Å²) in [5.41, 5.74) is 1.93. The number of hydrogen-bond donors (Lipinski definition) is 1. The van der Waals surface area contributed by atoms with Crippen LogP contribution in [0.4, 0.5) is 0 Å². The predicted molar refractivity (Wildman–Crippen MR) is 107 cm³/mol. The van der Waals surface area contributed by atoms with Gasteiger partial charge in [-0.2, -0.15) is 4.98 Å². The summed E-state index contributed by atoms with van der Waals surface area (Å²) in [5.74, 6) is 1.16. The van der Waals surface area contributed by atoms with Gasteiger partial charge in [0, 0.05) is 49.8 Å². The van der Waals surface area contributed by atoms with Crippen molar-refractivity contribution >= 4 is 5.91 Å². The van der Waals surface area contributed by atoms with Crippen molar-refractivity contribution < 1.29 is 14.4 Å². The summed E-state index contributed by atoms with van der Waals surface area (Å²) < 4.78 is 5.27. The third kappa shape index (κ3) is 4.68. The first-order valence-corrected chi connectivity index (χ1v) is 9.94. The normalized spacial score (nSPS) is 19.3. The lowest BCUT2D eigenvalue weighted by Crippen LogP contribution is -2.45. The number of aliphatic hydroxyl groups excluding tert-OH is 1. The van der Waals surface area contributed by atoms with Crippen LogP contribution < -0.4 is 0 Å². The van der Waals surface area contributed by atoms with Crippen LogP contribution in [0.25, 0.3) is 11.4 Å². The van der Waals surface area contributed by atoms with E-state index in [1.807, 2.05) is 42.5 Å². The number of piperidine rings is 1. The average Bonchev–Trinajstić information content (AvgIpc) is 3.24. The molecule has 29 heavy (non-hydrogen) atoms. The highest BCUT2D eigenvalue weighted by Gasteiger charge is 2.30. The maximum absolute atomic E-state index is 12.5. The Bertz CT molecular complexity index is 930. The van der Waals surface area contributed by atoms with E-state index in [-0.39, 0.29) is 11.8 Å². The summed E-state index contributed by atoms with van der Waals surface area (Å²) in [7, 11) is 0. The molecule has 7 nitrogen and oxygen atoms in total. The molecule has 1 saturated heterocycles. The van der Waals surface area contributed by atoms with Crippen molar-refractivity contribution in [3.8, 4) is 11.4 Å². The highest BCUT2D eigenvalue weighted by Crippen LogP contribution is 2.28. The number of carbonyl (C=O) groups excluding carboxylic acids is 1. The van der Waals surface area contributed by atoms with E-state index in [0.717, 1.165) is 17.5 Å². The van der Waals surface area contributed by atoms with E-state index in [1.54, 1.807) is 17.3 Å². The quantitative estimate of drug-likeness (QED) is 0.693. The van der Waals surface area contributed by atoms with Gasteiger partial charge in [0.05, 0.1) is 6.10 Å².